The van der Waals surface area contributed by atoms with E-state index in [9.17, 15) is 9.59 Å². The van der Waals surface area contributed by atoms with Crippen LogP contribution in [0.3, 0.4) is 0 Å². The molecular formula is C10H10O4. The molecule has 0 amide bonds. The summed E-state index contributed by atoms with van der Waals surface area (Å²) in [5.74, 6) is -4.65. The summed E-state index contributed by atoms with van der Waals surface area (Å²) in [7, 11) is 0. The molecule has 0 heterocycles. The van der Waals surface area contributed by atoms with E-state index >= 15 is 0 Å². The van der Waals surface area contributed by atoms with Crippen LogP contribution in [0.5, 0.6) is 0 Å². The number of allylic oxidation sites excluding steroid dienone is 6. The topological polar surface area (TPSA) is 74.6 Å². The van der Waals surface area contributed by atoms with Gasteiger partial charge in [-0.1, -0.05) is 36.5 Å². The maximum Gasteiger partial charge on any atom is 0.318 e. The van der Waals surface area contributed by atoms with Gasteiger partial charge in [-0.05, 0) is 0 Å². The molecule has 0 radical (unpaired) electrons. The summed E-state index contributed by atoms with van der Waals surface area (Å²) in [6.07, 6.45) is 9.85. The fraction of sp³-hybridized carbons (Fsp3) is 0.200. The molecule has 0 fully saturated rings. The second-order valence-electron chi connectivity index (χ2n) is 2.89. The summed E-state index contributed by atoms with van der Waals surface area (Å²) < 4.78 is 0. The smallest absolute Gasteiger partial charge is 0.318 e. The molecule has 0 bridgehead atoms. The molecule has 2 N–H and O–H groups in total. The van der Waals surface area contributed by atoms with Gasteiger partial charge < -0.3 is 10.2 Å². The van der Waals surface area contributed by atoms with Crippen molar-refractivity contribution in [3.63, 3.8) is 0 Å². The highest BCUT2D eigenvalue weighted by Gasteiger charge is 2.31. The molecule has 14 heavy (non-hydrogen) atoms. The number of hydrogen-bond acceptors (Lipinski definition) is 2. The van der Waals surface area contributed by atoms with Gasteiger partial charge in [0.25, 0.3) is 0 Å². The Hall–Kier alpha value is -1.84. The van der Waals surface area contributed by atoms with Gasteiger partial charge in [0.05, 0.1) is 0 Å². The third kappa shape index (κ3) is 2.32. The van der Waals surface area contributed by atoms with Gasteiger partial charge in [-0.25, -0.2) is 0 Å². The molecule has 0 aliphatic heterocycles. The normalized spacial score (nSPS) is 15.8. The van der Waals surface area contributed by atoms with Crippen LogP contribution in [0.2, 0.25) is 0 Å². The van der Waals surface area contributed by atoms with Crippen molar-refractivity contribution in [2.45, 2.75) is 0 Å². The zero-order valence-corrected chi connectivity index (χ0v) is 7.33. The Bertz CT molecular complexity index is 295. The molecule has 1 aliphatic rings. The summed E-state index contributed by atoms with van der Waals surface area (Å²) >= 11 is 0. The van der Waals surface area contributed by atoms with E-state index < -0.39 is 23.8 Å². The van der Waals surface area contributed by atoms with Gasteiger partial charge in [0.2, 0.25) is 0 Å². The predicted molar refractivity (Wildman–Crippen MR) is 49.7 cm³/mol. The van der Waals surface area contributed by atoms with Crippen molar-refractivity contribution in [3.8, 4) is 0 Å². The first-order valence-electron chi connectivity index (χ1n) is 4.10. The number of carboxylic acid groups (broad SMARTS) is 2. The molecule has 1 rings (SSSR count). The molecule has 0 spiro atoms. The summed E-state index contributed by atoms with van der Waals surface area (Å²) in [5.41, 5.74) is 0. The average molecular weight is 194 g/mol. The van der Waals surface area contributed by atoms with Crippen LogP contribution < -0.4 is 0 Å². The minimum absolute atomic E-state index is 0.597. The Balaban J connectivity index is 2.89. The van der Waals surface area contributed by atoms with E-state index in [1.807, 2.05) is 0 Å². The molecule has 0 aromatic carbocycles. The Labute approximate surface area is 80.9 Å². The van der Waals surface area contributed by atoms with E-state index in [0.29, 0.717) is 0 Å². The monoisotopic (exact) mass is 194 g/mol. The van der Waals surface area contributed by atoms with Crippen LogP contribution in [-0.2, 0) is 9.59 Å². The molecule has 74 valence electrons. The van der Waals surface area contributed by atoms with E-state index in [4.69, 9.17) is 10.2 Å². The van der Waals surface area contributed by atoms with E-state index in [2.05, 4.69) is 0 Å². The fourth-order valence-electron chi connectivity index (χ4n) is 1.23. The van der Waals surface area contributed by atoms with Gasteiger partial charge in [-0.3, -0.25) is 9.59 Å². The lowest BCUT2D eigenvalue weighted by Crippen LogP contribution is -2.29. The van der Waals surface area contributed by atoms with Crippen LogP contribution in [-0.4, -0.2) is 22.2 Å². The van der Waals surface area contributed by atoms with Crippen molar-refractivity contribution < 1.29 is 19.8 Å². The SMILES string of the molecule is O=C(O)C(C(=O)O)C1C=CC=CC=C1. The Morgan fingerprint density at radius 1 is 0.929 bits per heavy atom. The van der Waals surface area contributed by atoms with Gasteiger partial charge in [0.15, 0.2) is 5.92 Å². The third-order valence-corrected chi connectivity index (χ3v) is 1.92. The number of hydrogen-bond donors (Lipinski definition) is 2. The Morgan fingerprint density at radius 3 is 1.71 bits per heavy atom. The van der Waals surface area contributed by atoms with E-state index in [1.165, 1.54) is 0 Å². The lowest BCUT2D eigenvalue weighted by molar-refractivity contribution is -0.155. The molecule has 0 aromatic heterocycles. The predicted octanol–water partition coefficient (Wildman–Crippen LogP) is 1.07. The molecular weight excluding hydrogens is 184 g/mol. The molecule has 4 heteroatoms. The average Bonchev–Trinajstić information content (AvgIpc) is 2.31. The highest BCUT2D eigenvalue weighted by atomic mass is 16.4. The molecule has 4 nitrogen and oxygen atoms in total. The first-order valence-corrected chi connectivity index (χ1v) is 4.10. The molecule has 0 saturated carbocycles. The van der Waals surface area contributed by atoms with Crippen LogP contribution in [0.1, 0.15) is 0 Å². The van der Waals surface area contributed by atoms with E-state index in [0.717, 1.165) is 0 Å². The quantitative estimate of drug-likeness (QED) is 0.659. The van der Waals surface area contributed by atoms with Crippen molar-refractivity contribution in [3.05, 3.63) is 36.5 Å². The van der Waals surface area contributed by atoms with Crippen LogP contribution in [0.25, 0.3) is 0 Å². The van der Waals surface area contributed by atoms with Crippen LogP contribution in [0, 0.1) is 11.8 Å². The fourth-order valence-corrected chi connectivity index (χ4v) is 1.23. The molecule has 1 aliphatic carbocycles. The largest absolute Gasteiger partial charge is 0.481 e. The first-order chi connectivity index (χ1) is 6.63. The van der Waals surface area contributed by atoms with E-state index in [-0.39, 0.29) is 0 Å². The zero-order valence-electron chi connectivity index (χ0n) is 7.33. The standard InChI is InChI=1S/C10H10O4/c11-9(12)8(10(13)14)7-5-3-1-2-4-6-7/h1-8H,(H,11,12)(H,13,14). The zero-order chi connectivity index (χ0) is 10.6. The minimum atomic E-state index is -1.41. The van der Waals surface area contributed by atoms with Gasteiger partial charge in [-0.15, -0.1) is 0 Å². The lowest BCUT2D eigenvalue weighted by Gasteiger charge is -2.12. The maximum absolute atomic E-state index is 10.7. The van der Waals surface area contributed by atoms with Crippen LogP contribution in [0.4, 0.5) is 0 Å². The summed E-state index contributed by atoms with van der Waals surface area (Å²) in [6, 6.07) is 0. The minimum Gasteiger partial charge on any atom is -0.481 e. The van der Waals surface area contributed by atoms with Gasteiger partial charge in [-0.2, -0.15) is 0 Å². The molecule has 0 unspecified atom stereocenters. The molecule has 0 saturated heterocycles. The van der Waals surface area contributed by atoms with Crippen LogP contribution >= 0.6 is 0 Å². The third-order valence-electron chi connectivity index (χ3n) is 1.92. The Kier molecular flexibility index (Phi) is 3.23. The molecule has 0 aromatic rings. The van der Waals surface area contributed by atoms with Crippen molar-refractivity contribution in [2.75, 3.05) is 0 Å². The number of carbonyl (C=O) groups is 2. The van der Waals surface area contributed by atoms with Gasteiger partial charge in [0.1, 0.15) is 0 Å². The first kappa shape index (κ1) is 10.2. The summed E-state index contributed by atoms with van der Waals surface area (Å²) in [6.45, 7) is 0. The second kappa shape index (κ2) is 4.41. The van der Waals surface area contributed by atoms with Crippen molar-refractivity contribution in [1.82, 2.24) is 0 Å². The van der Waals surface area contributed by atoms with Crippen molar-refractivity contribution in [2.24, 2.45) is 11.8 Å². The van der Waals surface area contributed by atoms with Crippen molar-refractivity contribution in [1.29, 1.82) is 0 Å². The summed E-state index contributed by atoms with van der Waals surface area (Å²) in [4.78, 5) is 21.4. The summed E-state index contributed by atoms with van der Waals surface area (Å²) in [5, 5.41) is 17.4. The molecule has 0 atom stereocenters. The lowest BCUT2D eigenvalue weighted by atomic mass is 9.92. The van der Waals surface area contributed by atoms with E-state index in [1.54, 1.807) is 36.5 Å². The van der Waals surface area contributed by atoms with Crippen LogP contribution in [0.15, 0.2) is 36.5 Å². The van der Waals surface area contributed by atoms with Crippen molar-refractivity contribution >= 4 is 11.9 Å². The van der Waals surface area contributed by atoms with Gasteiger partial charge >= 0.3 is 11.9 Å². The highest BCUT2D eigenvalue weighted by molar-refractivity contribution is 5.93. The number of rotatable bonds is 3. The maximum atomic E-state index is 10.7. The van der Waals surface area contributed by atoms with Gasteiger partial charge in [0, 0.05) is 5.92 Å². The number of aliphatic carboxylic acids is 2. The second-order valence-corrected chi connectivity index (χ2v) is 2.89. The number of carboxylic acids is 2. The highest BCUT2D eigenvalue weighted by Crippen LogP contribution is 2.18. The Morgan fingerprint density at radius 2 is 1.36 bits per heavy atom.